The topological polar surface area (TPSA) is 170 Å². The number of benzene rings is 2. The number of aliphatic hydroxyl groups is 4. The van der Waals surface area contributed by atoms with Crippen LogP contribution < -0.4 is 10.2 Å². The smallest absolute Gasteiger partial charge is 0.229 e. The predicted octanol–water partition coefficient (Wildman–Crippen LogP) is 0.0499. The highest BCUT2D eigenvalue weighted by Crippen LogP contribution is 2.43. The number of rotatable bonds is 4. The fourth-order valence-electron chi connectivity index (χ4n) is 3.41. The average Bonchev–Trinajstić information content (AvgIpc) is 2.76. The van der Waals surface area contributed by atoms with E-state index in [0.717, 1.165) is 6.07 Å². The fourth-order valence-corrected chi connectivity index (χ4v) is 3.41. The van der Waals surface area contributed by atoms with E-state index in [1.165, 1.54) is 6.07 Å². The van der Waals surface area contributed by atoms with Crippen molar-refractivity contribution in [2.75, 3.05) is 6.61 Å². The largest absolute Gasteiger partial charge is 0.504 e. The Morgan fingerprint density at radius 1 is 0.968 bits per heavy atom. The van der Waals surface area contributed by atoms with Crippen LogP contribution in [0.5, 0.6) is 17.2 Å². The van der Waals surface area contributed by atoms with Crippen molar-refractivity contribution in [3.8, 4) is 28.6 Å². The molecule has 5 atom stereocenters. The zero-order valence-electron chi connectivity index (χ0n) is 16.0. The molecule has 6 N–H and O–H groups in total. The van der Waals surface area contributed by atoms with Gasteiger partial charge in [0.15, 0.2) is 16.9 Å². The van der Waals surface area contributed by atoms with Crippen molar-refractivity contribution in [1.29, 1.82) is 0 Å². The maximum absolute atomic E-state index is 12.7. The summed E-state index contributed by atoms with van der Waals surface area (Å²) >= 11 is 0. The molecule has 0 saturated carbocycles. The highest BCUT2D eigenvalue weighted by atomic mass is 16.7. The van der Waals surface area contributed by atoms with Gasteiger partial charge in [0.2, 0.25) is 12.0 Å². The van der Waals surface area contributed by atoms with E-state index in [1.807, 2.05) is 0 Å². The lowest BCUT2D eigenvalue weighted by Crippen LogP contribution is -2.60. The number of hydrogen-bond acceptors (Lipinski definition) is 10. The van der Waals surface area contributed by atoms with Crippen LogP contribution in [0.2, 0.25) is 0 Å². The molecule has 10 nitrogen and oxygen atoms in total. The maximum atomic E-state index is 12.7. The monoisotopic (exact) mass is 432 g/mol. The lowest BCUT2D eigenvalue weighted by Gasteiger charge is -2.39. The van der Waals surface area contributed by atoms with Crippen molar-refractivity contribution in [1.82, 2.24) is 0 Å². The fraction of sp³-hybridized carbons (Fsp3) is 0.286. The van der Waals surface area contributed by atoms with Crippen LogP contribution in [0.25, 0.3) is 22.3 Å². The number of aliphatic hydroxyl groups excluding tert-OH is 4. The Bertz CT molecular complexity index is 1140. The minimum atomic E-state index is -1.77. The van der Waals surface area contributed by atoms with Gasteiger partial charge in [-0.2, -0.15) is 0 Å². The first-order chi connectivity index (χ1) is 14.8. The van der Waals surface area contributed by atoms with Crippen molar-refractivity contribution in [3.63, 3.8) is 0 Å². The molecule has 1 fully saturated rings. The van der Waals surface area contributed by atoms with Gasteiger partial charge in [-0.25, -0.2) is 0 Å². The molecule has 10 heteroatoms. The molecular weight excluding hydrogens is 412 g/mol. The minimum Gasteiger partial charge on any atom is -0.504 e. The summed E-state index contributed by atoms with van der Waals surface area (Å²) in [6.07, 6.45) is -8.03. The molecule has 0 bridgehead atoms. The Morgan fingerprint density at radius 2 is 1.68 bits per heavy atom. The molecule has 1 unspecified atom stereocenters. The molecule has 2 heterocycles. The molecule has 1 aliphatic rings. The van der Waals surface area contributed by atoms with Gasteiger partial charge >= 0.3 is 0 Å². The molecule has 1 aromatic heterocycles. The summed E-state index contributed by atoms with van der Waals surface area (Å²) in [7, 11) is 0. The van der Waals surface area contributed by atoms with Crippen molar-refractivity contribution in [2.24, 2.45) is 0 Å². The van der Waals surface area contributed by atoms with Crippen molar-refractivity contribution in [2.45, 2.75) is 30.7 Å². The third kappa shape index (κ3) is 3.71. The van der Waals surface area contributed by atoms with Crippen LogP contribution >= 0.6 is 0 Å². The molecule has 31 heavy (non-hydrogen) atoms. The Kier molecular flexibility index (Phi) is 5.56. The molecule has 4 rings (SSSR count). The van der Waals surface area contributed by atoms with Gasteiger partial charge in [0.1, 0.15) is 41.1 Å². The average molecular weight is 432 g/mol. The summed E-state index contributed by atoms with van der Waals surface area (Å²) < 4.78 is 16.2. The van der Waals surface area contributed by atoms with Gasteiger partial charge < -0.3 is 44.5 Å². The van der Waals surface area contributed by atoms with Gasteiger partial charge in [-0.15, -0.1) is 0 Å². The van der Waals surface area contributed by atoms with Crippen LogP contribution in [0.15, 0.2) is 51.7 Å². The van der Waals surface area contributed by atoms with E-state index >= 15 is 0 Å². The number of fused-ring (bicyclic) bond motifs is 1. The second-order valence-corrected chi connectivity index (χ2v) is 7.10. The molecule has 164 valence electrons. The molecular formula is C21H20O10. The summed E-state index contributed by atoms with van der Waals surface area (Å²) in [5.74, 6) is -1.77. The Labute approximate surface area is 174 Å². The number of aromatic hydroxyl groups is 2. The summed E-state index contributed by atoms with van der Waals surface area (Å²) in [6.45, 7) is -0.688. The van der Waals surface area contributed by atoms with Crippen LogP contribution in [0, 0.1) is 0 Å². The van der Waals surface area contributed by atoms with Crippen molar-refractivity contribution in [3.05, 3.63) is 52.7 Å². The highest BCUT2D eigenvalue weighted by Gasteiger charge is 2.45. The van der Waals surface area contributed by atoms with E-state index in [0.29, 0.717) is 5.56 Å². The molecule has 0 spiro atoms. The first kappa shape index (κ1) is 21.1. The maximum Gasteiger partial charge on any atom is 0.229 e. The van der Waals surface area contributed by atoms with Gasteiger partial charge in [-0.1, -0.05) is 30.3 Å². The van der Waals surface area contributed by atoms with Crippen molar-refractivity contribution >= 4 is 11.0 Å². The Morgan fingerprint density at radius 3 is 2.35 bits per heavy atom. The third-order valence-corrected chi connectivity index (χ3v) is 5.07. The summed E-state index contributed by atoms with van der Waals surface area (Å²) in [6, 6.07) is 11.0. The second-order valence-electron chi connectivity index (χ2n) is 7.10. The lowest BCUT2D eigenvalue weighted by molar-refractivity contribution is -0.277. The molecule has 2 aromatic carbocycles. The predicted molar refractivity (Wildman–Crippen MR) is 106 cm³/mol. The van der Waals surface area contributed by atoms with Crippen molar-refractivity contribution < 1.29 is 44.5 Å². The van der Waals surface area contributed by atoms with Gasteiger partial charge in [-0.05, 0) is 0 Å². The second kappa shape index (κ2) is 8.17. The van der Waals surface area contributed by atoms with Crippen LogP contribution in [0.4, 0.5) is 0 Å². The van der Waals surface area contributed by atoms with Gasteiger partial charge in [0.05, 0.1) is 6.61 Å². The lowest BCUT2D eigenvalue weighted by atomic mass is 9.99. The van der Waals surface area contributed by atoms with Crippen LogP contribution in [0.3, 0.4) is 0 Å². The standard InChI is InChI=1S/C21H20O10/c22-8-14-16(25)18(27)19(28)21(30-14)31-20-11(24)7-13-15(17(20)26)10(23)6-12(29-13)9-4-2-1-3-5-9/h1-7,14,16,18-19,21-22,24-28H,8H2/t14-,16-,18+,19-,21?/m1/s1. The molecule has 1 saturated heterocycles. The Hall–Kier alpha value is -3.15. The SMILES string of the molecule is O=c1cc(-c2ccccc2)oc2cc(O)c(OC3O[C@H](CO)[C@@H](O)[C@H](O)[C@H]3O)c(O)c12. The van der Waals surface area contributed by atoms with E-state index < -0.39 is 60.0 Å². The van der Waals surface area contributed by atoms with Crippen LogP contribution in [0.1, 0.15) is 0 Å². The first-order valence-corrected chi connectivity index (χ1v) is 9.37. The van der Waals surface area contributed by atoms with Crippen LogP contribution in [-0.2, 0) is 4.74 Å². The Balaban J connectivity index is 1.74. The third-order valence-electron chi connectivity index (χ3n) is 5.07. The minimum absolute atomic E-state index is 0.109. The molecule has 0 radical (unpaired) electrons. The van der Waals surface area contributed by atoms with E-state index in [2.05, 4.69) is 0 Å². The highest BCUT2D eigenvalue weighted by molar-refractivity contribution is 5.89. The van der Waals surface area contributed by atoms with Gasteiger partial charge in [0, 0.05) is 17.7 Å². The normalized spacial score (nSPS) is 26.1. The summed E-state index contributed by atoms with van der Waals surface area (Å²) in [4.78, 5) is 12.7. The van der Waals surface area contributed by atoms with E-state index in [9.17, 15) is 35.4 Å². The van der Waals surface area contributed by atoms with Gasteiger partial charge in [0.25, 0.3) is 0 Å². The van der Waals surface area contributed by atoms with E-state index in [4.69, 9.17) is 13.9 Å². The zero-order chi connectivity index (χ0) is 22.3. The molecule has 0 aliphatic carbocycles. The number of phenols is 2. The summed E-state index contributed by atoms with van der Waals surface area (Å²) in [5, 5.41) is 59.8. The van der Waals surface area contributed by atoms with E-state index in [-0.39, 0.29) is 16.7 Å². The number of hydrogen-bond donors (Lipinski definition) is 6. The summed E-state index contributed by atoms with van der Waals surface area (Å²) in [5.41, 5.74) is -0.110. The van der Waals surface area contributed by atoms with Crippen LogP contribution in [-0.4, -0.2) is 68.0 Å². The number of phenolic OH excluding ortho intramolecular Hbond substituents is 2. The molecule has 3 aromatic rings. The van der Waals surface area contributed by atoms with E-state index in [1.54, 1.807) is 30.3 Å². The quantitative estimate of drug-likeness (QED) is 0.331. The van der Waals surface area contributed by atoms with Gasteiger partial charge in [-0.3, -0.25) is 4.79 Å². The molecule has 0 amide bonds. The first-order valence-electron chi connectivity index (χ1n) is 9.37. The number of ether oxygens (including phenoxy) is 2. The molecule has 1 aliphatic heterocycles. The zero-order valence-corrected chi connectivity index (χ0v) is 16.0.